The van der Waals surface area contributed by atoms with E-state index in [0.717, 1.165) is 6.20 Å². The lowest BCUT2D eigenvalue weighted by atomic mass is 10.8. The van der Waals surface area contributed by atoms with Gasteiger partial charge in [-0.1, -0.05) is 6.92 Å². The van der Waals surface area contributed by atoms with Crippen molar-refractivity contribution in [1.82, 2.24) is 19.4 Å². The molecule has 17 heavy (non-hydrogen) atoms. The van der Waals surface area contributed by atoms with E-state index in [9.17, 15) is 16.8 Å². The maximum absolute atomic E-state index is 11.5. The largest absolute Gasteiger partial charge is 0.335 e. The van der Waals surface area contributed by atoms with Crippen LogP contribution in [0.25, 0.3) is 0 Å². The maximum Gasteiger partial charge on any atom is 0.257 e. The maximum atomic E-state index is 11.5. The van der Waals surface area contributed by atoms with E-state index in [0.29, 0.717) is 0 Å². The van der Waals surface area contributed by atoms with Crippen molar-refractivity contribution in [2.75, 3.05) is 18.8 Å². The van der Waals surface area contributed by atoms with Crippen molar-refractivity contribution in [2.24, 2.45) is 0 Å². The molecule has 0 aliphatic heterocycles. The normalized spacial score (nSPS) is 12.8. The van der Waals surface area contributed by atoms with E-state index < -0.39 is 20.0 Å². The van der Waals surface area contributed by atoms with Crippen molar-refractivity contribution in [3.05, 3.63) is 12.5 Å². The Kier molecular flexibility index (Phi) is 4.62. The fourth-order valence-corrected chi connectivity index (χ4v) is 3.09. The summed E-state index contributed by atoms with van der Waals surface area (Å²) in [6, 6.07) is 0. The number of rotatable bonds is 7. The molecule has 1 heterocycles. The number of nitrogens with one attached hydrogen (secondary N) is 3. The van der Waals surface area contributed by atoms with Gasteiger partial charge in [-0.05, 0) is 0 Å². The molecule has 1 aromatic rings. The van der Waals surface area contributed by atoms with Gasteiger partial charge < -0.3 is 4.98 Å². The molecule has 0 fully saturated rings. The van der Waals surface area contributed by atoms with Crippen LogP contribution in [-0.4, -0.2) is 45.6 Å². The highest BCUT2D eigenvalue weighted by Crippen LogP contribution is 2.00. The van der Waals surface area contributed by atoms with Gasteiger partial charge in [-0.2, -0.15) is 0 Å². The molecule has 0 unspecified atom stereocenters. The van der Waals surface area contributed by atoms with Gasteiger partial charge in [0.25, 0.3) is 10.0 Å². The molecule has 1 rings (SSSR count). The molecule has 98 valence electrons. The quantitative estimate of drug-likeness (QED) is 0.569. The fraction of sp³-hybridized carbons (Fsp3) is 0.571. The lowest BCUT2D eigenvalue weighted by molar-refractivity contribution is 0.575. The van der Waals surface area contributed by atoms with Crippen molar-refractivity contribution in [3.8, 4) is 0 Å². The summed E-state index contributed by atoms with van der Waals surface area (Å²) < 4.78 is 50.0. The Balaban J connectivity index is 2.53. The predicted octanol–water partition coefficient (Wildman–Crippen LogP) is -1.37. The Morgan fingerprint density at radius 2 is 2.00 bits per heavy atom. The second-order valence-corrected chi connectivity index (χ2v) is 6.79. The molecule has 0 saturated carbocycles. The summed E-state index contributed by atoms with van der Waals surface area (Å²) in [6.07, 6.45) is 2.37. The highest BCUT2D eigenvalue weighted by Gasteiger charge is 2.16. The molecule has 0 saturated heterocycles. The van der Waals surface area contributed by atoms with Crippen molar-refractivity contribution < 1.29 is 16.8 Å². The molecule has 8 nitrogen and oxygen atoms in total. The van der Waals surface area contributed by atoms with Gasteiger partial charge in [0.2, 0.25) is 10.0 Å². The Bertz CT molecular complexity index is 534. The number of aromatic nitrogens is 2. The van der Waals surface area contributed by atoms with Gasteiger partial charge in [-0.15, -0.1) is 0 Å². The van der Waals surface area contributed by atoms with E-state index in [1.165, 1.54) is 6.33 Å². The van der Waals surface area contributed by atoms with Crippen molar-refractivity contribution in [1.29, 1.82) is 0 Å². The molecule has 0 aromatic carbocycles. The van der Waals surface area contributed by atoms with E-state index >= 15 is 0 Å². The molecule has 1 aromatic heterocycles. The van der Waals surface area contributed by atoms with E-state index in [1.807, 2.05) is 0 Å². The van der Waals surface area contributed by atoms with Crippen molar-refractivity contribution in [3.63, 3.8) is 0 Å². The average Bonchev–Trinajstić information content (AvgIpc) is 2.69. The summed E-state index contributed by atoms with van der Waals surface area (Å²) in [5.74, 6) is -0.311. The minimum Gasteiger partial charge on any atom is -0.335 e. The van der Waals surface area contributed by atoms with Crippen LogP contribution >= 0.6 is 0 Å². The molecule has 3 N–H and O–H groups in total. The molecule has 0 spiro atoms. The number of H-pyrrole nitrogens is 1. The van der Waals surface area contributed by atoms with Crippen LogP contribution in [0.1, 0.15) is 6.92 Å². The third-order valence-electron chi connectivity index (χ3n) is 1.79. The van der Waals surface area contributed by atoms with Crippen LogP contribution in [0.2, 0.25) is 0 Å². The highest BCUT2D eigenvalue weighted by molar-refractivity contribution is 7.90. The van der Waals surface area contributed by atoms with Crippen molar-refractivity contribution >= 4 is 20.0 Å². The summed E-state index contributed by atoms with van der Waals surface area (Å²) in [5.41, 5.74) is 0. The van der Waals surface area contributed by atoms with Crippen LogP contribution in [0.3, 0.4) is 0 Å². The van der Waals surface area contributed by atoms with Crippen LogP contribution < -0.4 is 9.44 Å². The number of hydrogen-bond donors (Lipinski definition) is 3. The Morgan fingerprint density at radius 3 is 2.53 bits per heavy atom. The van der Waals surface area contributed by atoms with Gasteiger partial charge in [-0.3, -0.25) is 0 Å². The number of hydrogen-bond acceptors (Lipinski definition) is 5. The molecular weight excluding hydrogens is 268 g/mol. The first-order chi connectivity index (χ1) is 7.87. The average molecular weight is 282 g/mol. The van der Waals surface area contributed by atoms with Gasteiger partial charge in [-0.25, -0.2) is 31.3 Å². The molecule has 0 aliphatic rings. The molecule has 0 aliphatic carbocycles. The summed E-state index contributed by atoms with van der Waals surface area (Å²) in [4.78, 5) is 5.99. The second kappa shape index (κ2) is 5.58. The first-order valence-corrected chi connectivity index (χ1v) is 7.96. The Morgan fingerprint density at radius 1 is 1.29 bits per heavy atom. The summed E-state index contributed by atoms with van der Waals surface area (Å²) in [6.45, 7) is 1.72. The first-order valence-electron chi connectivity index (χ1n) is 4.83. The summed E-state index contributed by atoms with van der Waals surface area (Å²) >= 11 is 0. The fourth-order valence-electron chi connectivity index (χ4n) is 1.07. The Labute approximate surface area is 99.9 Å². The SMILES string of the molecule is CCNS(=O)(=O)CCNS(=O)(=O)c1cnc[nH]1. The molecule has 0 atom stereocenters. The topological polar surface area (TPSA) is 121 Å². The van der Waals surface area contributed by atoms with E-state index in [-0.39, 0.29) is 23.9 Å². The minimum absolute atomic E-state index is 0.0988. The van der Waals surface area contributed by atoms with Crippen LogP contribution in [0.5, 0.6) is 0 Å². The van der Waals surface area contributed by atoms with Gasteiger partial charge >= 0.3 is 0 Å². The van der Waals surface area contributed by atoms with Gasteiger partial charge in [0.15, 0.2) is 5.03 Å². The lowest BCUT2D eigenvalue weighted by Crippen LogP contribution is -2.34. The van der Waals surface area contributed by atoms with Crippen LogP contribution in [0, 0.1) is 0 Å². The molecule has 10 heteroatoms. The number of imidazole rings is 1. The van der Waals surface area contributed by atoms with Gasteiger partial charge in [0.05, 0.1) is 18.3 Å². The first kappa shape index (κ1) is 14.1. The molecule has 0 radical (unpaired) electrons. The Hall–Kier alpha value is -0.970. The van der Waals surface area contributed by atoms with E-state index in [1.54, 1.807) is 6.92 Å². The van der Waals surface area contributed by atoms with Crippen LogP contribution in [0.4, 0.5) is 0 Å². The zero-order chi connectivity index (χ0) is 12.9. The van der Waals surface area contributed by atoms with Gasteiger partial charge in [0, 0.05) is 13.1 Å². The molecule has 0 bridgehead atoms. The molecular formula is C7H14N4O4S2. The number of aromatic amines is 1. The summed E-state index contributed by atoms with van der Waals surface area (Å²) in [7, 11) is -7.14. The van der Waals surface area contributed by atoms with Crippen LogP contribution in [0.15, 0.2) is 17.6 Å². The standard InChI is InChI=1S/C7H14N4O4S2/c1-2-10-16(12,13)4-3-11-17(14,15)7-5-8-6-9-7/h5-6,10-11H,2-4H2,1H3,(H,8,9). The third-order valence-corrected chi connectivity index (χ3v) is 4.65. The van der Waals surface area contributed by atoms with Crippen LogP contribution in [-0.2, 0) is 20.0 Å². The highest BCUT2D eigenvalue weighted by atomic mass is 32.2. The predicted molar refractivity (Wildman–Crippen MR) is 61.2 cm³/mol. The monoisotopic (exact) mass is 282 g/mol. The number of sulfonamides is 2. The zero-order valence-corrected chi connectivity index (χ0v) is 10.8. The van der Waals surface area contributed by atoms with E-state index in [2.05, 4.69) is 19.4 Å². The van der Waals surface area contributed by atoms with E-state index in [4.69, 9.17) is 0 Å². The number of nitrogens with zero attached hydrogens (tertiary/aromatic N) is 1. The molecule has 0 amide bonds. The minimum atomic E-state index is -3.71. The van der Waals surface area contributed by atoms with Crippen molar-refractivity contribution in [2.45, 2.75) is 11.9 Å². The third kappa shape index (κ3) is 4.42. The zero-order valence-electron chi connectivity index (χ0n) is 9.17. The lowest BCUT2D eigenvalue weighted by Gasteiger charge is -2.05. The summed E-state index contributed by atoms with van der Waals surface area (Å²) in [5, 5.41) is -0.0988. The second-order valence-electron chi connectivity index (χ2n) is 3.13. The van der Waals surface area contributed by atoms with Gasteiger partial charge in [0.1, 0.15) is 0 Å². The smallest absolute Gasteiger partial charge is 0.257 e.